The van der Waals surface area contributed by atoms with Crippen LogP contribution in [-0.4, -0.2) is 11.3 Å². The molecule has 68 valence electrons. The first-order chi connectivity index (χ1) is 5.60. The molecule has 2 aliphatic rings. The summed E-state index contributed by atoms with van der Waals surface area (Å²) in [5.74, 6) is 1.47. The van der Waals surface area contributed by atoms with E-state index in [-0.39, 0.29) is 0 Å². The molecule has 0 amide bonds. The Hall–Kier alpha value is -0.370. The molecule has 2 aliphatic carbocycles. The highest BCUT2D eigenvalue weighted by atomic mass is 16.1. The van der Waals surface area contributed by atoms with Crippen molar-refractivity contribution >= 4 is 5.78 Å². The Labute approximate surface area is 73.5 Å². The van der Waals surface area contributed by atoms with E-state index in [2.05, 4.69) is 0 Å². The van der Waals surface area contributed by atoms with Crippen molar-refractivity contribution in [2.45, 2.75) is 44.6 Å². The van der Waals surface area contributed by atoms with Crippen LogP contribution in [0, 0.1) is 11.8 Å². The van der Waals surface area contributed by atoms with Gasteiger partial charge in [-0.05, 0) is 44.4 Å². The standard InChI is InChI=1S/C10H17NO/c1-10(11,8-4-5-8)9(12)6-7-2-3-7/h7-8H,2-6,11H2,1H3. The Bertz CT molecular complexity index is 202. The molecule has 0 radical (unpaired) electrons. The highest BCUT2D eigenvalue weighted by molar-refractivity contribution is 5.88. The van der Waals surface area contributed by atoms with Gasteiger partial charge in [0.25, 0.3) is 0 Å². The summed E-state index contributed by atoms with van der Waals surface area (Å²) in [5.41, 5.74) is 5.49. The van der Waals surface area contributed by atoms with Crippen LogP contribution in [0.4, 0.5) is 0 Å². The molecule has 0 bridgehead atoms. The molecule has 2 heteroatoms. The minimum absolute atomic E-state index is 0.299. The van der Waals surface area contributed by atoms with Gasteiger partial charge in [-0.1, -0.05) is 0 Å². The number of carbonyl (C=O) groups is 1. The number of Topliss-reactive ketones (excluding diaryl/α,β-unsaturated/α-hetero) is 1. The van der Waals surface area contributed by atoms with E-state index in [1.54, 1.807) is 0 Å². The van der Waals surface area contributed by atoms with Crippen LogP contribution in [-0.2, 0) is 4.79 Å². The number of nitrogens with two attached hydrogens (primary N) is 1. The minimum Gasteiger partial charge on any atom is -0.319 e. The fourth-order valence-corrected chi connectivity index (χ4v) is 1.71. The molecule has 2 rings (SSSR count). The average molecular weight is 167 g/mol. The predicted octanol–water partition coefficient (Wildman–Crippen LogP) is 1.48. The molecule has 0 saturated heterocycles. The number of carbonyl (C=O) groups excluding carboxylic acids is 1. The van der Waals surface area contributed by atoms with Crippen molar-refractivity contribution in [1.82, 2.24) is 0 Å². The summed E-state index contributed by atoms with van der Waals surface area (Å²) in [6.45, 7) is 1.91. The molecule has 2 fully saturated rings. The number of rotatable bonds is 4. The van der Waals surface area contributed by atoms with Crippen LogP contribution in [0.15, 0.2) is 0 Å². The zero-order chi connectivity index (χ0) is 8.77. The van der Waals surface area contributed by atoms with E-state index in [0.29, 0.717) is 17.6 Å². The van der Waals surface area contributed by atoms with Crippen LogP contribution < -0.4 is 5.73 Å². The summed E-state index contributed by atoms with van der Waals surface area (Å²) < 4.78 is 0. The van der Waals surface area contributed by atoms with Gasteiger partial charge in [0.05, 0.1) is 5.54 Å². The fraction of sp³-hybridized carbons (Fsp3) is 0.900. The Morgan fingerprint density at radius 3 is 2.42 bits per heavy atom. The predicted molar refractivity (Wildman–Crippen MR) is 47.7 cm³/mol. The van der Waals surface area contributed by atoms with Crippen LogP contribution in [0.3, 0.4) is 0 Å². The van der Waals surface area contributed by atoms with Crippen molar-refractivity contribution in [2.75, 3.05) is 0 Å². The van der Waals surface area contributed by atoms with Crippen molar-refractivity contribution < 1.29 is 4.79 Å². The normalized spacial score (nSPS) is 28.2. The lowest BCUT2D eigenvalue weighted by atomic mass is 9.89. The molecule has 2 nitrogen and oxygen atoms in total. The summed E-state index contributed by atoms with van der Waals surface area (Å²) >= 11 is 0. The number of hydrogen-bond acceptors (Lipinski definition) is 2. The van der Waals surface area contributed by atoms with Gasteiger partial charge in [0.1, 0.15) is 0 Å². The van der Waals surface area contributed by atoms with Crippen LogP contribution in [0.2, 0.25) is 0 Å². The smallest absolute Gasteiger partial charge is 0.152 e. The fourth-order valence-electron chi connectivity index (χ4n) is 1.71. The molecule has 12 heavy (non-hydrogen) atoms. The zero-order valence-corrected chi connectivity index (χ0v) is 7.68. The van der Waals surface area contributed by atoms with Gasteiger partial charge in [-0.3, -0.25) is 4.79 Å². The molecule has 0 aromatic heterocycles. The third-order valence-electron chi connectivity index (χ3n) is 3.20. The largest absolute Gasteiger partial charge is 0.319 e. The van der Waals surface area contributed by atoms with Crippen LogP contribution in [0.5, 0.6) is 0 Å². The Balaban J connectivity index is 1.90. The maximum Gasteiger partial charge on any atom is 0.152 e. The van der Waals surface area contributed by atoms with E-state index in [9.17, 15) is 4.79 Å². The second-order valence-electron chi connectivity index (χ2n) is 4.63. The van der Waals surface area contributed by atoms with Crippen molar-refractivity contribution in [3.63, 3.8) is 0 Å². The van der Waals surface area contributed by atoms with E-state index in [1.165, 1.54) is 12.8 Å². The monoisotopic (exact) mass is 167 g/mol. The third-order valence-corrected chi connectivity index (χ3v) is 3.20. The first-order valence-electron chi connectivity index (χ1n) is 4.93. The minimum atomic E-state index is -0.497. The second kappa shape index (κ2) is 2.56. The highest BCUT2D eigenvalue weighted by Crippen LogP contribution is 2.41. The van der Waals surface area contributed by atoms with Gasteiger partial charge >= 0.3 is 0 Å². The van der Waals surface area contributed by atoms with Gasteiger partial charge in [0.15, 0.2) is 5.78 Å². The van der Waals surface area contributed by atoms with Crippen molar-refractivity contribution in [3.05, 3.63) is 0 Å². The summed E-state index contributed by atoms with van der Waals surface area (Å²) in [7, 11) is 0. The Morgan fingerprint density at radius 2 is 2.00 bits per heavy atom. The first-order valence-corrected chi connectivity index (χ1v) is 4.93. The molecule has 2 N–H and O–H groups in total. The summed E-state index contributed by atoms with van der Waals surface area (Å²) in [6.07, 6.45) is 5.54. The summed E-state index contributed by atoms with van der Waals surface area (Å²) in [4.78, 5) is 11.7. The van der Waals surface area contributed by atoms with Crippen molar-refractivity contribution in [3.8, 4) is 0 Å². The molecule has 0 aromatic carbocycles. The second-order valence-corrected chi connectivity index (χ2v) is 4.63. The zero-order valence-electron chi connectivity index (χ0n) is 7.68. The van der Waals surface area contributed by atoms with E-state index >= 15 is 0 Å². The molecule has 1 unspecified atom stereocenters. The highest BCUT2D eigenvalue weighted by Gasteiger charge is 2.44. The lowest BCUT2D eigenvalue weighted by molar-refractivity contribution is -0.124. The maximum absolute atomic E-state index is 11.7. The third kappa shape index (κ3) is 1.53. The van der Waals surface area contributed by atoms with Crippen LogP contribution >= 0.6 is 0 Å². The van der Waals surface area contributed by atoms with E-state index in [4.69, 9.17) is 5.73 Å². The Morgan fingerprint density at radius 1 is 1.42 bits per heavy atom. The lowest BCUT2D eigenvalue weighted by Crippen LogP contribution is -2.47. The lowest BCUT2D eigenvalue weighted by Gasteiger charge is -2.22. The molecule has 2 saturated carbocycles. The van der Waals surface area contributed by atoms with Gasteiger partial charge in [0.2, 0.25) is 0 Å². The van der Waals surface area contributed by atoms with Crippen molar-refractivity contribution in [1.29, 1.82) is 0 Å². The summed E-state index contributed by atoms with van der Waals surface area (Å²) in [5, 5.41) is 0. The molecule has 0 aromatic rings. The van der Waals surface area contributed by atoms with Gasteiger partial charge in [-0.25, -0.2) is 0 Å². The first kappa shape index (κ1) is 8.24. The molecule has 0 aliphatic heterocycles. The van der Waals surface area contributed by atoms with Gasteiger partial charge in [-0.15, -0.1) is 0 Å². The van der Waals surface area contributed by atoms with Gasteiger partial charge in [0, 0.05) is 6.42 Å². The Kier molecular flexibility index (Phi) is 1.76. The molecular weight excluding hydrogens is 150 g/mol. The topological polar surface area (TPSA) is 43.1 Å². The van der Waals surface area contributed by atoms with Gasteiger partial charge in [-0.2, -0.15) is 0 Å². The SMILES string of the molecule is CC(N)(C(=O)CC1CC1)C1CC1. The van der Waals surface area contributed by atoms with E-state index in [1.807, 2.05) is 6.92 Å². The molecule has 0 heterocycles. The van der Waals surface area contributed by atoms with E-state index in [0.717, 1.165) is 19.3 Å². The molecular formula is C10H17NO. The van der Waals surface area contributed by atoms with E-state index < -0.39 is 5.54 Å². The maximum atomic E-state index is 11.7. The van der Waals surface area contributed by atoms with Crippen LogP contribution in [0.1, 0.15) is 39.0 Å². The van der Waals surface area contributed by atoms with Crippen molar-refractivity contribution in [2.24, 2.45) is 17.6 Å². The quantitative estimate of drug-likeness (QED) is 0.689. The molecule has 0 spiro atoms. The van der Waals surface area contributed by atoms with Crippen LogP contribution in [0.25, 0.3) is 0 Å². The summed E-state index contributed by atoms with van der Waals surface area (Å²) in [6, 6.07) is 0. The van der Waals surface area contributed by atoms with Gasteiger partial charge < -0.3 is 5.73 Å². The number of hydrogen-bond donors (Lipinski definition) is 1. The molecule has 1 atom stereocenters. The number of ketones is 1. The average Bonchev–Trinajstić information content (AvgIpc) is 2.83.